The molecular weight excluding hydrogens is 366 g/mol. The maximum atomic E-state index is 13.5. The quantitative estimate of drug-likeness (QED) is 0.707. The minimum Gasteiger partial charge on any atom is -0.328 e. The normalized spacial score (nSPS) is 25.4. The molecule has 150 valence electrons. The van der Waals surface area contributed by atoms with Gasteiger partial charge < -0.3 is 10.2 Å². The number of Topliss-reactive ketones (excluding diaryl/α,β-unsaturated/α-hetero) is 1. The van der Waals surface area contributed by atoms with Crippen molar-refractivity contribution in [3.63, 3.8) is 0 Å². The molecule has 9 heteroatoms. The lowest BCUT2D eigenvalue weighted by molar-refractivity contribution is -0.124. The number of nitriles is 1. The molecule has 0 radical (unpaired) electrons. The Kier molecular flexibility index (Phi) is 4.68. The first-order valence-electron chi connectivity index (χ1n) is 9.16. The van der Waals surface area contributed by atoms with E-state index in [9.17, 15) is 27.2 Å². The van der Waals surface area contributed by atoms with Gasteiger partial charge in [-0.1, -0.05) is 0 Å². The first kappa shape index (κ1) is 19.9. The number of halogens is 4. The number of amides is 2. The number of alkyl halides is 4. The number of ketones is 1. The van der Waals surface area contributed by atoms with E-state index < -0.39 is 47.0 Å². The van der Waals surface area contributed by atoms with Gasteiger partial charge in [0.2, 0.25) is 5.92 Å². The van der Waals surface area contributed by atoms with Crippen LogP contribution in [0.4, 0.5) is 22.4 Å². The first-order chi connectivity index (χ1) is 12.4. The van der Waals surface area contributed by atoms with Crippen molar-refractivity contribution in [2.45, 2.75) is 69.8 Å². The summed E-state index contributed by atoms with van der Waals surface area (Å²) in [5.41, 5.74) is -1.82. The van der Waals surface area contributed by atoms with Crippen LogP contribution in [0.3, 0.4) is 0 Å². The second-order valence-electron chi connectivity index (χ2n) is 8.46. The summed E-state index contributed by atoms with van der Waals surface area (Å²) in [5.74, 6) is -6.45. The molecule has 1 N–H and O–H groups in total. The van der Waals surface area contributed by atoms with Crippen LogP contribution in [0.5, 0.6) is 0 Å². The van der Waals surface area contributed by atoms with Crippen molar-refractivity contribution < 1.29 is 27.2 Å². The third-order valence-corrected chi connectivity index (χ3v) is 6.07. The van der Waals surface area contributed by atoms with E-state index in [2.05, 4.69) is 5.32 Å². The summed E-state index contributed by atoms with van der Waals surface area (Å²) in [6, 6.07) is -0.0585. The zero-order valence-electron chi connectivity index (χ0n) is 15.2. The summed E-state index contributed by atoms with van der Waals surface area (Å²) >= 11 is 0. The molecule has 2 saturated carbocycles. The number of likely N-dealkylation sites (tertiary alicyclic amines) is 1. The Morgan fingerprint density at radius 1 is 1.22 bits per heavy atom. The number of piperidine rings is 1. The number of hydrogen-bond donors (Lipinski definition) is 1. The lowest BCUT2D eigenvalue weighted by Crippen LogP contribution is -2.52. The van der Waals surface area contributed by atoms with Crippen molar-refractivity contribution in [2.75, 3.05) is 13.1 Å². The minimum absolute atomic E-state index is 0.104. The van der Waals surface area contributed by atoms with Gasteiger partial charge >= 0.3 is 6.03 Å². The smallest absolute Gasteiger partial charge is 0.317 e. The van der Waals surface area contributed by atoms with Crippen molar-refractivity contribution in [1.29, 1.82) is 5.26 Å². The van der Waals surface area contributed by atoms with Crippen molar-refractivity contribution >= 4 is 11.8 Å². The molecule has 1 spiro atoms. The van der Waals surface area contributed by atoms with Gasteiger partial charge in [-0.15, -0.1) is 0 Å². The molecule has 0 bridgehead atoms. The molecule has 0 unspecified atom stereocenters. The molecule has 2 amide bonds. The van der Waals surface area contributed by atoms with Crippen LogP contribution in [0.25, 0.3) is 0 Å². The van der Waals surface area contributed by atoms with E-state index in [1.54, 1.807) is 0 Å². The van der Waals surface area contributed by atoms with Gasteiger partial charge in [-0.3, -0.25) is 4.79 Å². The predicted molar refractivity (Wildman–Crippen MR) is 87.3 cm³/mol. The fraction of sp³-hybridized carbons (Fsp3) is 0.833. The van der Waals surface area contributed by atoms with E-state index in [0.29, 0.717) is 19.8 Å². The summed E-state index contributed by atoms with van der Waals surface area (Å²) in [6.45, 7) is 0.871. The van der Waals surface area contributed by atoms with E-state index in [-0.39, 0.29) is 38.8 Å². The molecule has 1 saturated heterocycles. The highest BCUT2D eigenvalue weighted by atomic mass is 19.3. The molecule has 1 aliphatic heterocycles. The average Bonchev–Trinajstić information content (AvgIpc) is 3.43. The Morgan fingerprint density at radius 2 is 1.78 bits per heavy atom. The monoisotopic (exact) mass is 389 g/mol. The fourth-order valence-electron chi connectivity index (χ4n) is 3.84. The van der Waals surface area contributed by atoms with Crippen molar-refractivity contribution in [3.05, 3.63) is 0 Å². The second kappa shape index (κ2) is 6.35. The summed E-state index contributed by atoms with van der Waals surface area (Å²) in [6.07, 6.45) is 0.215. The lowest BCUT2D eigenvalue weighted by Gasteiger charge is -2.33. The van der Waals surface area contributed by atoms with Crippen molar-refractivity contribution in [3.8, 4) is 6.07 Å². The Morgan fingerprint density at radius 3 is 2.19 bits per heavy atom. The number of carbonyl (C=O) groups excluding carboxylic acids is 2. The number of hydrogen-bond acceptors (Lipinski definition) is 3. The zero-order chi connectivity index (χ0) is 20.1. The van der Waals surface area contributed by atoms with E-state index >= 15 is 0 Å². The molecule has 0 aromatic heterocycles. The molecule has 5 nitrogen and oxygen atoms in total. The molecule has 1 atom stereocenters. The van der Waals surface area contributed by atoms with Gasteiger partial charge in [0.25, 0.3) is 5.92 Å². The highest BCUT2D eigenvalue weighted by molar-refractivity contribution is 5.89. The standard InChI is InChI=1S/C18H23F4N3O2/c1-15(19,20)8-12(13(26)9-16(11-23)2-3-16)24-14(27)25-6-4-17(5-7-25)10-18(17,21)22/h12H,2-10H2,1H3,(H,24,27)/t12-/m0/s1. The highest BCUT2D eigenvalue weighted by Gasteiger charge is 2.70. The number of nitrogens with one attached hydrogen (secondary N) is 1. The molecule has 1 heterocycles. The molecule has 3 fully saturated rings. The van der Waals surface area contributed by atoms with E-state index in [4.69, 9.17) is 5.26 Å². The van der Waals surface area contributed by atoms with Gasteiger partial charge in [0.05, 0.1) is 17.5 Å². The molecule has 2 aliphatic carbocycles. The molecule has 3 rings (SSSR count). The molecule has 3 aliphatic rings. The molecular formula is C18H23F4N3O2. The Hall–Kier alpha value is -1.85. The summed E-state index contributed by atoms with van der Waals surface area (Å²) in [5, 5.41) is 11.4. The van der Waals surface area contributed by atoms with E-state index in [1.807, 2.05) is 6.07 Å². The van der Waals surface area contributed by atoms with Gasteiger partial charge in [-0.05, 0) is 32.6 Å². The summed E-state index contributed by atoms with van der Waals surface area (Å²) in [7, 11) is 0. The maximum absolute atomic E-state index is 13.5. The van der Waals surface area contributed by atoms with Crippen molar-refractivity contribution in [2.24, 2.45) is 10.8 Å². The van der Waals surface area contributed by atoms with Gasteiger partial charge in [-0.25, -0.2) is 22.4 Å². The number of nitrogens with zero attached hydrogens (tertiary/aromatic N) is 2. The largest absolute Gasteiger partial charge is 0.328 e. The molecule has 0 aromatic carbocycles. The van der Waals surface area contributed by atoms with Crippen LogP contribution in [0.2, 0.25) is 0 Å². The highest BCUT2D eigenvalue weighted by Crippen LogP contribution is 2.65. The van der Waals surface area contributed by atoms with Crippen LogP contribution < -0.4 is 5.32 Å². The summed E-state index contributed by atoms with van der Waals surface area (Å²) in [4.78, 5) is 26.1. The van der Waals surface area contributed by atoms with Crippen LogP contribution >= 0.6 is 0 Å². The number of urea groups is 1. The molecule has 0 aromatic rings. The van der Waals surface area contributed by atoms with Crippen molar-refractivity contribution in [1.82, 2.24) is 10.2 Å². The maximum Gasteiger partial charge on any atom is 0.317 e. The first-order valence-corrected chi connectivity index (χ1v) is 9.16. The Balaban J connectivity index is 1.59. The number of rotatable bonds is 6. The van der Waals surface area contributed by atoms with Gasteiger partial charge in [-0.2, -0.15) is 5.26 Å². The number of carbonyl (C=O) groups is 2. The lowest BCUT2D eigenvalue weighted by atomic mass is 9.92. The average molecular weight is 389 g/mol. The second-order valence-corrected chi connectivity index (χ2v) is 8.46. The van der Waals surface area contributed by atoms with E-state index in [1.165, 1.54) is 4.90 Å². The minimum atomic E-state index is -3.17. The Bertz CT molecular complexity index is 671. The zero-order valence-corrected chi connectivity index (χ0v) is 15.2. The molecule has 27 heavy (non-hydrogen) atoms. The van der Waals surface area contributed by atoms with Crippen LogP contribution in [0, 0.1) is 22.2 Å². The van der Waals surface area contributed by atoms with Gasteiger partial charge in [0.15, 0.2) is 5.78 Å². The predicted octanol–water partition coefficient (Wildman–Crippen LogP) is 3.49. The van der Waals surface area contributed by atoms with Crippen LogP contribution in [-0.4, -0.2) is 47.7 Å². The van der Waals surface area contributed by atoms with Crippen LogP contribution in [0.15, 0.2) is 0 Å². The fourth-order valence-corrected chi connectivity index (χ4v) is 3.84. The van der Waals surface area contributed by atoms with Crippen LogP contribution in [-0.2, 0) is 4.79 Å². The van der Waals surface area contributed by atoms with Gasteiger partial charge in [0.1, 0.15) is 0 Å². The van der Waals surface area contributed by atoms with Crippen LogP contribution in [0.1, 0.15) is 51.9 Å². The third-order valence-electron chi connectivity index (χ3n) is 6.07. The SMILES string of the molecule is CC(F)(F)C[C@H](NC(=O)N1CCC2(CC1)CC2(F)F)C(=O)CC1(C#N)CC1. The Labute approximate surface area is 155 Å². The summed E-state index contributed by atoms with van der Waals surface area (Å²) < 4.78 is 53.8. The van der Waals surface area contributed by atoms with E-state index in [0.717, 1.165) is 0 Å². The topological polar surface area (TPSA) is 73.2 Å². The third kappa shape index (κ3) is 4.19. The van der Waals surface area contributed by atoms with Gasteiger partial charge in [0, 0.05) is 37.8 Å².